The van der Waals surface area contributed by atoms with Crippen LogP contribution >= 0.6 is 23.2 Å². The predicted octanol–water partition coefficient (Wildman–Crippen LogP) is 4.70. The van der Waals surface area contributed by atoms with Crippen LogP contribution in [0.2, 0.25) is 10.0 Å². The van der Waals surface area contributed by atoms with Gasteiger partial charge in [0.15, 0.2) is 0 Å². The Kier molecular flexibility index (Phi) is 5.96. The smallest absolute Gasteiger partial charge is 0.304 e. The van der Waals surface area contributed by atoms with Gasteiger partial charge in [0.1, 0.15) is 17.9 Å². The highest BCUT2D eigenvalue weighted by molar-refractivity contribution is 6.35. The van der Waals surface area contributed by atoms with Gasteiger partial charge in [-0.1, -0.05) is 59.6 Å². The van der Waals surface area contributed by atoms with Gasteiger partial charge >= 0.3 is 5.97 Å². The Morgan fingerprint density at radius 2 is 1.86 bits per heavy atom. The number of hydrogen-bond donors (Lipinski definition) is 1. The first kappa shape index (κ1) is 20.2. The molecule has 7 heteroatoms. The Morgan fingerprint density at radius 3 is 2.46 bits per heavy atom. The van der Waals surface area contributed by atoms with Gasteiger partial charge in [-0.3, -0.25) is 4.79 Å². The van der Waals surface area contributed by atoms with E-state index in [0.29, 0.717) is 33.7 Å². The lowest BCUT2D eigenvalue weighted by atomic mass is 9.94. The van der Waals surface area contributed by atoms with Crippen LogP contribution in [-0.2, 0) is 11.3 Å². The topological polar surface area (TPSA) is 69.2 Å². The van der Waals surface area contributed by atoms with E-state index in [9.17, 15) is 15.1 Å². The van der Waals surface area contributed by atoms with Crippen LogP contribution in [0.4, 0.5) is 0 Å². The van der Waals surface area contributed by atoms with Crippen LogP contribution in [0.1, 0.15) is 40.7 Å². The highest BCUT2D eigenvalue weighted by Gasteiger charge is 2.34. The zero-order valence-electron chi connectivity index (χ0n) is 15.5. The molecule has 2 aromatic carbocycles. The number of aliphatic carboxylic acids is 1. The van der Waals surface area contributed by atoms with E-state index in [1.54, 1.807) is 25.1 Å². The summed E-state index contributed by atoms with van der Waals surface area (Å²) < 4.78 is 2.69. The van der Waals surface area contributed by atoms with Gasteiger partial charge in [0.25, 0.3) is 5.82 Å². The molecular formula is C21H20Cl2N2O3. The molecule has 0 amide bonds. The molecule has 0 bridgehead atoms. The van der Waals surface area contributed by atoms with Crippen molar-refractivity contribution in [2.24, 2.45) is 0 Å². The van der Waals surface area contributed by atoms with Gasteiger partial charge in [0.2, 0.25) is 0 Å². The SMILES string of the molecule is Cc1c(C)[n+]([O-])c(C(CC(=O)O)c2ccc(Cl)cc2Cl)n1Cc1ccccc1. The van der Waals surface area contributed by atoms with Crippen molar-refractivity contribution >= 4 is 29.2 Å². The highest BCUT2D eigenvalue weighted by Crippen LogP contribution is 2.34. The van der Waals surface area contributed by atoms with Crippen molar-refractivity contribution in [2.75, 3.05) is 0 Å². The fourth-order valence-corrected chi connectivity index (χ4v) is 3.93. The van der Waals surface area contributed by atoms with Gasteiger partial charge in [-0.15, -0.1) is 0 Å². The highest BCUT2D eigenvalue weighted by atomic mass is 35.5. The lowest BCUT2D eigenvalue weighted by molar-refractivity contribution is -0.621. The molecule has 0 radical (unpaired) electrons. The average molecular weight is 419 g/mol. The molecule has 1 aromatic heterocycles. The van der Waals surface area contributed by atoms with Crippen molar-refractivity contribution in [3.63, 3.8) is 0 Å². The summed E-state index contributed by atoms with van der Waals surface area (Å²) in [5.74, 6) is -1.37. The Morgan fingerprint density at radius 1 is 1.18 bits per heavy atom. The zero-order valence-corrected chi connectivity index (χ0v) is 17.0. The molecule has 146 valence electrons. The van der Waals surface area contributed by atoms with Crippen LogP contribution in [0.25, 0.3) is 0 Å². The molecule has 0 saturated heterocycles. The summed E-state index contributed by atoms with van der Waals surface area (Å²) in [5.41, 5.74) is 2.89. The van der Waals surface area contributed by atoms with E-state index in [-0.39, 0.29) is 6.42 Å². The molecular weight excluding hydrogens is 399 g/mol. The molecule has 0 saturated carbocycles. The number of imidazole rings is 1. The largest absolute Gasteiger partial charge is 0.711 e. The Balaban J connectivity index is 2.19. The number of benzene rings is 2. The minimum absolute atomic E-state index is 0.263. The third-order valence-electron chi connectivity index (χ3n) is 4.93. The van der Waals surface area contributed by atoms with Gasteiger partial charge < -0.3 is 10.3 Å². The minimum atomic E-state index is -1.02. The Bertz CT molecular complexity index is 1020. The van der Waals surface area contributed by atoms with Crippen LogP contribution in [0.5, 0.6) is 0 Å². The molecule has 0 aliphatic heterocycles. The van der Waals surface area contributed by atoms with Crippen LogP contribution in [0, 0.1) is 19.1 Å². The lowest BCUT2D eigenvalue weighted by Gasteiger charge is -2.18. The molecule has 3 rings (SSSR count). The molecule has 1 heterocycles. The first-order chi connectivity index (χ1) is 13.3. The molecule has 0 aliphatic carbocycles. The van der Waals surface area contributed by atoms with Crippen molar-refractivity contribution in [1.29, 1.82) is 0 Å². The number of aromatic nitrogens is 2. The second kappa shape index (κ2) is 8.25. The molecule has 0 fully saturated rings. The predicted molar refractivity (Wildman–Crippen MR) is 109 cm³/mol. The maximum absolute atomic E-state index is 13.0. The second-order valence-electron chi connectivity index (χ2n) is 6.71. The van der Waals surface area contributed by atoms with Crippen molar-refractivity contribution in [3.8, 4) is 0 Å². The number of carboxylic acid groups (broad SMARTS) is 1. The molecule has 0 aliphatic rings. The Hall–Kier alpha value is -2.50. The summed E-state index contributed by atoms with van der Waals surface area (Å²) in [5, 5.41) is 23.3. The van der Waals surface area contributed by atoms with Crippen LogP contribution in [0.3, 0.4) is 0 Å². The molecule has 3 aromatic rings. The molecule has 1 N–H and O–H groups in total. The fourth-order valence-electron chi connectivity index (χ4n) is 3.39. The van der Waals surface area contributed by atoms with Crippen LogP contribution in [-0.4, -0.2) is 15.6 Å². The summed E-state index contributed by atoms with van der Waals surface area (Å²) in [4.78, 5) is 11.6. The van der Waals surface area contributed by atoms with Gasteiger partial charge in [-0.2, -0.15) is 0 Å². The van der Waals surface area contributed by atoms with E-state index < -0.39 is 11.9 Å². The second-order valence-corrected chi connectivity index (χ2v) is 7.56. The maximum atomic E-state index is 13.0. The number of carboxylic acids is 1. The van der Waals surface area contributed by atoms with E-state index in [2.05, 4.69) is 0 Å². The standard InChI is InChI=1S/C21H20Cl2N2O3/c1-13-14(2)25(28)21(24(13)12-15-6-4-3-5-7-15)18(11-20(26)27)17-9-8-16(22)10-19(17)23/h3-10,18H,11-12H2,1-2H3,(H,26,27). The van der Waals surface area contributed by atoms with E-state index in [0.717, 1.165) is 16.0 Å². The third kappa shape index (κ3) is 4.01. The molecule has 1 unspecified atom stereocenters. The van der Waals surface area contributed by atoms with E-state index in [1.165, 1.54) is 0 Å². The number of rotatable bonds is 6. The summed E-state index contributed by atoms with van der Waals surface area (Å²) in [6.45, 7) is 4.05. The van der Waals surface area contributed by atoms with E-state index >= 15 is 0 Å². The molecule has 0 spiro atoms. The molecule has 28 heavy (non-hydrogen) atoms. The minimum Gasteiger partial charge on any atom is -0.711 e. The van der Waals surface area contributed by atoms with E-state index in [1.807, 2.05) is 41.8 Å². The first-order valence-electron chi connectivity index (χ1n) is 8.79. The monoisotopic (exact) mass is 418 g/mol. The number of halogens is 2. The van der Waals surface area contributed by atoms with Gasteiger partial charge in [-0.05, 0) is 23.3 Å². The number of carbonyl (C=O) groups is 1. The third-order valence-corrected chi connectivity index (χ3v) is 5.49. The van der Waals surface area contributed by atoms with Gasteiger partial charge in [-0.25, -0.2) is 9.30 Å². The number of nitrogens with zero attached hydrogens (tertiary/aromatic N) is 2. The van der Waals surface area contributed by atoms with Crippen LogP contribution in [0.15, 0.2) is 48.5 Å². The van der Waals surface area contributed by atoms with Crippen LogP contribution < -0.4 is 4.73 Å². The van der Waals surface area contributed by atoms with E-state index in [4.69, 9.17) is 23.2 Å². The van der Waals surface area contributed by atoms with Crippen molar-refractivity contribution < 1.29 is 14.6 Å². The average Bonchev–Trinajstić information content (AvgIpc) is 2.85. The van der Waals surface area contributed by atoms with Crippen molar-refractivity contribution in [2.45, 2.75) is 32.7 Å². The quantitative estimate of drug-likeness (QED) is 0.465. The normalized spacial score (nSPS) is 12.1. The summed E-state index contributed by atoms with van der Waals surface area (Å²) in [7, 11) is 0. The first-order valence-corrected chi connectivity index (χ1v) is 9.55. The molecule has 5 nitrogen and oxygen atoms in total. The fraction of sp³-hybridized carbons (Fsp3) is 0.238. The summed E-state index contributed by atoms with van der Waals surface area (Å²) in [6, 6.07) is 14.6. The Labute approximate surface area is 173 Å². The molecule has 1 atom stereocenters. The van der Waals surface area contributed by atoms with Crippen molar-refractivity contribution in [3.05, 3.63) is 92.1 Å². The van der Waals surface area contributed by atoms with Gasteiger partial charge in [0.05, 0.1) is 12.3 Å². The summed E-state index contributed by atoms with van der Waals surface area (Å²) >= 11 is 12.4. The van der Waals surface area contributed by atoms with Gasteiger partial charge in [0, 0.05) is 23.9 Å². The lowest BCUT2D eigenvalue weighted by Crippen LogP contribution is -2.36. The number of hydrogen-bond acceptors (Lipinski definition) is 2. The van der Waals surface area contributed by atoms with Crippen molar-refractivity contribution in [1.82, 2.24) is 4.57 Å². The summed E-state index contributed by atoms with van der Waals surface area (Å²) in [6.07, 6.45) is -0.263. The maximum Gasteiger partial charge on any atom is 0.304 e. The zero-order chi connectivity index (χ0) is 20.4.